The first kappa shape index (κ1) is 14.2. The van der Waals surface area contributed by atoms with E-state index in [4.69, 9.17) is 4.74 Å². The highest BCUT2D eigenvalue weighted by molar-refractivity contribution is 5.30. The van der Waals surface area contributed by atoms with Crippen LogP contribution < -0.4 is 10.2 Å². The van der Waals surface area contributed by atoms with E-state index in [0.717, 1.165) is 26.2 Å². The number of hydrogen-bond acceptors (Lipinski definition) is 4. The van der Waals surface area contributed by atoms with Gasteiger partial charge in [-0.05, 0) is 20.0 Å². The van der Waals surface area contributed by atoms with Crippen molar-refractivity contribution in [1.29, 1.82) is 0 Å². The number of methoxy groups -OCH3 is 1. The molecule has 1 N–H and O–H groups in total. The van der Waals surface area contributed by atoms with Crippen LogP contribution in [0, 0.1) is 5.82 Å². The molecule has 1 unspecified atom stereocenters. The van der Waals surface area contributed by atoms with Gasteiger partial charge in [0, 0.05) is 43.9 Å². The second-order valence-electron chi connectivity index (χ2n) is 5.03. The number of likely N-dealkylation sites (N-methyl/N-ethyl adjacent to an activating group) is 1. The van der Waals surface area contributed by atoms with Crippen LogP contribution in [-0.4, -0.2) is 50.2 Å². The second kappa shape index (κ2) is 6.32. The molecule has 5 heteroatoms. The lowest BCUT2D eigenvalue weighted by Crippen LogP contribution is -2.51. The van der Waals surface area contributed by atoms with Gasteiger partial charge in [-0.2, -0.15) is 0 Å². The third-order valence-corrected chi connectivity index (χ3v) is 3.55. The van der Waals surface area contributed by atoms with Crippen molar-refractivity contribution in [3.8, 4) is 5.75 Å². The number of hydrazine groups is 1. The van der Waals surface area contributed by atoms with E-state index in [0.29, 0.717) is 11.3 Å². The van der Waals surface area contributed by atoms with E-state index in [9.17, 15) is 4.39 Å². The molecule has 0 amide bonds. The van der Waals surface area contributed by atoms with Gasteiger partial charge in [0.05, 0.1) is 7.11 Å². The summed E-state index contributed by atoms with van der Waals surface area (Å²) in [5.41, 5.74) is 4.03. The third-order valence-electron chi connectivity index (χ3n) is 3.55. The predicted molar refractivity (Wildman–Crippen MR) is 73.6 cm³/mol. The molecule has 0 radical (unpaired) electrons. The normalized spacial score (nSPS) is 19.4. The van der Waals surface area contributed by atoms with Crippen LogP contribution in [-0.2, 0) is 0 Å². The maximum absolute atomic E-state index is 14.0. The second-order valence-corrected chi connectivity index (χ2v) is 5.03. The Labute approximate surface area is 114 Å². The molecule has 1 aromatic rings. The molecule has 1 aliphatic heterocycles. The minimum Gasteiger partial charge on any atom is -0.497 e. The lowest BCUT2D eigenvalue weighted by atomic mass is 10.1. The van der Waals surface area contributed by atoms with Crippen molar-refractivity contribution in [3.05, 3.63) is 29.6 Å². The minimum absolute atomic E-state index is 0.0469. The van der Waals surface area contributed by atoms with E-state index in [1.165, 1.54) is 6.07 Å². The van der Waals surface area contributed by atoms with Gasteiger partial charge in [0.15, 0.2) is 0 Å². The zero-order chi connectivity index (χ0) is 13.8. The summed E-state index contributed by atoms with van der Waals surface area (Å²) >= 11 is 0. The van der Waals surface area contributed by atoms with Crippen molar-refractivity contribution in [2.75, 3.05) is 40.3 Å². The molecule has 0 saturated carbocycles. The topological polar surface area (TPSA) is 27.7 Å². The predicted octanol–water partition coefficient (Wildman–Crippen LogP) is 1.65. The number of hydrogen-bond donors (Lipinski definition) is 1. The highest BCUT2D eigenvalue weighted by atomic mass is 19.1. The lowest BCUT2D eigenvalue weighted by molar-refractivity contribution is 0.0892. The molecule has 1 saturated heterocycles. The molecule has 0 bridgehead atoms. The lowest BCUT2D eigenvalue weighted by Gasteiger charge is -2.34. The minimum atomic E-state index is -0.228. The molecule has 1 fully saturated rings. The summed E-state index contributed by atoms with van der Waals surface area (Å²) in [6.07, 6.45) is 0. The number of rotatable bonds is 4. The molecule has 106 valence electrons. The summed E-state index contributed by atoms with van der Waals surface area (Å²) in [5.74, 6) is 0.321. The van der Waals surface area contributed by atoms with Crippen LogP contribution in [0.2, 0.25) is 0 Å². The highest BCUT2D eigenvalue weighted by Gasteiger charge is 2.18. The van der Waals surface area contributed by atoms with Gasteiger partial charge in [0.2, 0.25) is 0 Å². The third kappa shape index (κ3) is 3.65. The van der Waals surface area contributed by atoms with Crippen molar-refractivity contribution in [2.45, 2.75) is 13.0 Å². The molecule has 2 rings (SSSR count). The van der Waals surface area contributed by atoms with E-state index in [1.54, 1.807) is 19.2 Å². The Morgan fingerprint density at radius 3 is 2.53 bits per heavy atom. The molecule has 0 spiro atoms. The zero-order valence-electron chi connectivity index (χ0n) is 11.8. The average molecular weight is 267 g/mol. The number of nitrogens with one attached hydrogen (secondary N) is 1. The zero-order valence-corrected chi connectivity index (χ0v) is 11.8. The Morgan fingerprint density at radius 2 is 1.95 bits per heavy atom. The fourth-order valence-corrected chi connectivity index (χ4v) is 2.26. The first-order valence-corrected chi connectivity index (χ1v) is 6.63. The summed E-state index contributed by atoms with van der Waals surface area (Å²) in [4.78, 5) is 2.29. The standard InChI is InChI=1S/C14H22FN3O/c1-11(16-18-8-6-17(2)7-9-18)13-5-4-12(19-3)10-14(13)15/h4-5,10-11,16H,6-9H2,1-3H3. The molecule has 1 atom stereocenters. The molecule has 1 aliphatic rings. The van der Waals surface area contributed by atoms with E-state index >= 15 is 0 Å². The van der Waals surface area contributed by atoms with Crippen LogP contribution in [0.25, 0.3) is 0 Å². The number of halogens is 1. The van der Waals surface area contributed by atoms with Gasteiger partial charge in [-0.3, -0.25) is 0 Å². The van der Waals surface area contributed by atoms with Gasteiger partial charge in [0.25, 0.3) is 0 Å². The molecule has 1 heterocycles. The number of nitrogens with zero attached hydrogens (tertiary/aromatic N) is 2. The van der Waals surface area contributed by atoms with Gasteiger partial charge in [-0.25, -0.2) is 14.8 Å². The van der Waals surface area contributed by atoms with Crippen LogP contribution in [0.15, 0.2) is 18.2 Å². The van der Waals surface area contributed by atoms with Gasteiger partial charge >= 0.3 is 0 Å². The Bertz CT molecular complexity index is 419. The number of ether oxygens (including phenoxy) is 1. The Balaban J connectivity index is 1.97. The summed E-state index contributed by atoms with van der Waals surface area (Å²) in [6, 6.07) is 4.95. The maximum atomic E-state index is 14.0. The molecule has 19 heavy (non-hydrogen) atoms. The van der Waals surface area contributed by atoms with E-state index in [-0.39, 0.29) is 11.9 Å². The highest BCUT2D eigenvalue weighted by Crippen LogP contribution is 2.22. The number of piperazine rings is 1. The molecular weight excluding hydrogens is 245 g/mol. The van der Waals surface area contributed by atoms with Crippen molar-refractivity contribution >= 4 is 0 Å². The fourth-order valence-electron chi connectivity index (χ4n) is 2.26. The smallest absolute Gasteiger partial charge is 0.131 e. The molecule has 0 aromatic heterocycles. The van der Waals surface area contributed by atoms with Gasteiger partial charge < -0.3 is 9.64 Å². The summed E-state index contributed by atoms with van der Waals surface area (Å²) in [5, 5.41) is 2.16. The maximum Gasteiger partial charge on any atom is 0.131 e. The average Bonchev–Trinajstić information content (AvgIpc) is 2.41. The van der Waals surface area contributed by atoms with Crippen molar-refractivity contribution in [2.24, 2.45) is 0 Å². The summed E-state index contributed by atoms with van der Waals surface area (Å²) in [7, 11) is 3.66. The Hall–Kier alpha value is -1.17. The Kier molecular flexibility index (Phi) is 4.74. The van der Waals surface area contributed by atoms with Crippen LogP contribution in [0.5, 0.6) is 5.75 Å². The van der Waals surface area contributed by atoms with Crippen molar-refractivity contribution in [3.63, 3.8) is 0 Å². The summed E-state index contributed by atoms with van der Waals surface area (Å²) in [6.45, 7) is 5.95. The molecule has 0 aliphatic carbocycles. The van der Waals surface area contributed by atoms with E-state index in [1.807, 2.05) is 6.92 Å². The van der Waals surface area contributed by atoms with Crippen LogP contribution in [0.3, 0.4) is 0 Å². The van der Waals surface area contributed by atoms with Gasteiger partial charge in [0.1, 0.15) is 11.6 Å². The van der Waals surface area contributed by atoms with Crippen molar-refractivity contribution in [1.82, 2.24) is 15.3 Å². The summed E-state index contributed by atoms with van der Waals surface area (Å²) < 4.78 is 19.0. The molecular formula is C14H22FN3O. The number of benzene rings is 1. The van der Waals surface area contributed by atoms with Crippen LogP contribution >= 0.6 is 0 Å². The van der Waals surface area contributed by atoms with E-state index in [2.05, 4.69) is 22.4 Å². The Morgan fingerprint density at radius 1 is 1.26 bits per heavy atom. The SMILES string of the molecule is COc1ccc(C(C)NN2CCN(C)CC2)c(F)c1. The molecule has 4 nitrogen and oxygen atoms in total. The van der Waals surface area contributed by atoms with Crippen LogP contribution in [0.1, 0.15) is 18.5 Å². The van der Waals surface area contributed by atoms with Gasteiger partial charge in [-0.1, -0.05) is 6.07 Å². The van der Waals surface area contributed by atoms with E-state index < -0.39 is 0 Å². The fraction of sp³-hybridized carbons (Fsp3) is 0.571. The van der Waals surface area contributed by atoms with Crippen LogP contribution in [0.4, 0.5) is 4.39 Å². The van der Waals surface area contributed by atoms with Gasteiger partial charge in [-0.15, -0.1) is 0 Å². The first-order valence-electron chi connectivity index (χ1n) is 6.63. The quantitative estimate of drug-likeness (QED) is 0.897. The largest absolute Gasteiger partial charge is 0.497 e. The monoisotopic (exact) mass is 267 g/mol. The first-order chi connectivity index (χ1) is 9.10. The van der Waals surface area contributed by atoms with Crippen molar-refractivity contribution < 1.29 is 9.13 Å². The molecule has 1 aromatic carbocycles.